The van der Waals surface area contributed by atoms with Crippen LogP contribution in [0.2, 0.25) is 0 Å². The number of halogens is 1. The summed E-state index contributed by atoms with van der Waals surface area (Å²) >= 11 is 0. The van der Waals surface area contributed by atoms with Crippen LogP contribution in [0.25, 0.3) is 0 Å². The molecule has 2 aliphatic rings. The maximum Gasteiger partial charge on any atom is 0.338 e. The number of ether oxygens (including phenoxy) is 1. The summed E-state index contributed by atoms with van der Waals surface area (Å²) in [6.07, 6.45) is 4.00. The lowest BCUT2D eigenvalue weighted by Crippen LogP contribution is -2.50. The minimum Gasteiger partial charge on any atom is -0.455 e. The van der Waals surface area contributed by atoms with E-state index in [-0.39, 0.29) is 24.0 Å². The molecular formula is C16H22ClNO2. The van der Waals surface area contributed by atoms with Crippen LogP contribution in [-0.2, 0) is 11.2 Å². The van der Waals surface area contributed by atoms with Gasteiger partial charge in [0.25, 0.3) is 0 Å². The van der Waals surface area contributed by atoms with Crippen molar-refractivity contribution in [2.45, 2.75) is 38.2 Å². The number of benzene rings is 1. The number of likely N-dealkylation sites (tertiary alicyclic amines) is 1. The van der Waals surface area contributed by atoms with E-state index in [9.17, 15) is 4.79 Å². The molecule has 0 radical (unpaired) electrons. The minimum absolute atomic E-state index is 0. The molecule has 3 nitrogen and oxygen atoms in total. The Morgan fingerprint density at radius 1 is 1.25 bits per heavy atom. The van der Waals surface area contributed by atoms with Crippen LogP contribution in [0.3, 0.4) is 0 Å². The Hall–Kier alpha value is -1.06. The number of hydrogen-bond donors (Lipinski definition) is 0. The highest BCUT2D eigenvalue weighted by Gasteiger charge is 2.42. The number of esters is 1. The van der Waals surface area contributed by atoms with E-state index in [1.807, 2.05) is 18.2 Å². The highest BCUT2D eigenvalue weighted by atomic mass is 35.5. The zero-order chi connectivity index (χ0) is 13.3. The van der Waals surface area contributed by atoms with Crippen molar-refractivity contribution in [2.24, 2.45) is 0 Å². The molecule has 1 spiro atoms. The molecule has 3 rings (SSSR count). The van der Waals surface area contributed by atoms with Crippen LogP contribution in [0.15, 0.2) is 24.3 Å². The minimum atomic E-state index is -0.240. The molecule has 0 N–H and O–H groups in total. The Kier molecular flexibility index (Phi) is 4.71. The van der Waals surface area contributed by atoms with Gasteiger partial charge in [0.15, 0.2) is 0 Å². The maximum atomic E-state index is 12.1. The van der Waals surface area contributed by atoms with E-state index in [0.29, 0.717) is 0 Å². The van der Waals surface area contributed by atoms with Gasteiger partial charge in [0.2, 0.25) is 0 Å². The number of carbonyl (C=O) groups excluding carboxylic acids is 1. The predicted molar refractivity (Wildman–Crippen MR) is 81.5 cm³/mol. The number of fused-ring (bicyclic) bond motifs is 1. The van der Waals surface area contributed by atoms with E-state index in [1.165, 1.54) is 6.42 Å². The van der Waals surface area contributed by atoms with Gasteiger partial charge in [-0.2, -0.15) is 0 Å². The smallest absolute Gasteiger partial charge is 0.338 e. The number of rotatable bonds is 2. The molecule has 20 heavy (non-hydrogen) atoms. The molecule has 0 aromatic heterocycles. The number of carbonyl (C=O) groups is 1. The summed E-state index contributed by atoms with van der Waals surface area (Å²) in [4.78, 5) is 14.6. The summed E-state index contributed by atoms with van der Waals surface area (Å²) in [5.74, 6) is -0.134. The fraction of sp³-hybridized carbons (Fsp3) is 0.562. The summed E-state index contributed by atoms with van der Waals surface area (Å²) in [5, 5.41) is 0. The fourth-order valence-electron chi connectivity index (χ4n) is 3.29. The van der Waals surface area contributed by atoms with Crippen molar-refractivity contribution >= 4 is 18.4 Å². The lowest BCUT2D eigenvalue weighted by molar-refractivity contribution is -0.0564. The van der Waals surface area contributed by atoms with Crippen LogP contribution < -0.4 is 0 Å². The predicted octanol–water partition coefficient (Wildman–Crippen LogP) is 3.07. The van der Waals surface area contributed by atoms with Crippen molar-refractivity contribution in [1.29, 1.82) is 0 Å². The van der Waals surface area contributed by atoms with Crippen molar-refractivity contribution in [2.75, 3.05) is 19.6 Å². The molecular weight excluding hydrogens is 274 g/mol. The van der Waals surface area contributed by atoms with Gasteiger partial charge in [-0.25, -0.2) is 4.79 Å². The summed E-state index contributed by atoms with van der Waals surface area (Å²) in [5.41, 5.74) is 1.67. The average molecular weight is 296 g/mol. The van der Waals surface area contributed by atoms with Crippen molar-refractivity contribution in [3.63, 3.8) is 0 Å². The average Bonchev–Trinajstić information content (AvgIpc) is 2.42. The first-order chi connectivity index (χ1) is 9.22. The summed E-state index contributed by atoms with van der Waals surface area (Å²) in [7, 11) is 0. The van der Waals surface area contributed by atoms with Crippen LogP contribution in [-0.4, -0.2) is 36.1 Å². The van der Waals surface area contributed by atoms with Crippen molar-refractivity contribution in [3.05, 3.63) is 35.4 Å². The van der Waals surface area contributed by atoms with Gasteiger partial charge in [0.1, 0.15) is 5.60 Å². The zero-order valence-corrected chi connectivity index (χ0v) is 12.7. The molecule has 0 amide bonds. The van der Waals surface area contributed by atoms with Gasteiger partial charge in [-0.1, -0.05) is 25.1 Å². The van der Waals surface area contributed by atoms with Crippen LogP contribution in [0, 0.1) is 0 Å². The standard InChI is InChI=1S/C16H21NO2.ClH/c1-2-9-17-10-7-16(8-11-17)12-13-5-3-4-6-14(13)15(18)19-16;/h3-6H,2,7-12H2,1H3;1H. The maximum absolute atomic E-state index is 12.1. The van der Waals surface area contributed by atoms with Crippen LogP contribution in [0.4, 0.5) is 0 Å². The molecule has 1 fully saturated rings. The van der Waals surface area contributed by atoms with Crippen LogP contribution >= 0.6 is 12.4 Å². The highest BCUT2D eigenvalue weighted by Crippen LogP contribution is 2.36. The first-order valence-corrected chi connectivity index (χ1v) is 7.26. The third-order valence-electron chi connectivity index (χ3n) is 4.37. The summed E-state index contributed by atoms with van der Waals surface area (Å²) < 4.78 is 5.80. The molecule has 1 aromatic carbocycles. The lowest BCUT2D eigenvalue weighted by atomic mass is 9.81. The van der Waals surface area contributed by atoms with Gasteiger partial charge in [-0.3, -0.25) is 0 Å². The van der Waals surface area contributed by atoms with Gasteiger partial charge in [-0.15, -0.1) is 12.4 Å². The van der Waals surface area contributed by atoms with Crippen molar-refractivity contribution < 1.29 is 9.53 Å². The van der Waals surface area contributed by atoms with E-state index in [4.69, 9.17) is 4.74 Å². The second kappa shape index (κ2) is 6.15. The molecule has 2 aliphatic heterocycles. The number of hydrogen-bond acceptors (Lipinski definition) is 3. The van der Waals surface area contributed by atoms with E-state index >= 15 is 0 Å². The Balaban J connectivity index is 0.00000147. The Labute approximate surface area is 126 Å². The molecule has 0 unspecified atom stereocenters. The first-order valence-electron chi connectivity index (χ1n) is 7.26. The van der Waals surface area contributed by atoms with Gasteiger partial charge in [-0.05, 0) is 24.6 Å². The Morgan fingerprint density at radius 3 is 2.65 bits per heavy atom. The molecule has 1 aromatic rings. The number of piperidine rings is 1. The SMILES string of the molecule is CCCN1CCC2(CC1)Cc1ccccc1C(=O)O2.Cl. The normalized spacial score (nSPS) is 20.9. The van der Waals surface area contributed by atoms with Gasteiger partial charge in [0.05, 0.1) is 5.56 Å². The lowest BCUT2D eigenvalue weighted by Gasteiger charge is -2.43. The zero-order valence-electron chi connectivity index (χ0n) is 11.9. The quantitative estimate of drug-likeness (QED) is 0.785. The molecule has 110 valence electrons. The highest BCUT2D eigenvalue weighted by molar-refractivity contribution is 5.92. The third-order valence-corrected chi connectivity index (χ3v) is 4.37. The molecule has 2 heterocycles. The van der Waals surface area contributed by atoms with E-state index in [0.717, 1.165) is 50.0 Å². The molecule has 1 saturated heterocycles. The second-order valence-corrected chi connectivity index (χ2v) is 5.75. The van der Waals surface area contributed by atoms with E-state index in [1.54, 1.807) is 0 Å². The Bertz CT molecular complexity index is 481. The number of nitrogens with zero attached hydrogens (tertiary/aromatic N) is 1. The van der Waals surface area contributed by atoms with Crippen LogP contribution in [0.1, 0.15) is 42.1 Å². The van der Waals surface area contributed by atoms with Gasteiger partial charge < -0.3 is 9.64 Å². The molecule has 0 atom stereocenters. The van der Waals surface area contributed by atoms with Gasteiger partial charge in [0, 0.05) is 32.4 Å². The van der Waals surface area contributed by atoms with Crippen molar-refractivity contribution in [3.8, 4) is 0 Å². The third kappa shape index (κ3) is 2.84. The first kappa shape index (κ1) is 15.3. The summed E-state index contributed by atoms with van der Waals surface area (Å²) in [6, 6.07) is 7.85. The Morgan fingerprint density at radius 2 is 1.95 bits per heavy atom. The van der Waals surface area contributed by atoms with Crippen molar-refractivity contribution in [1.82, 2.24) is 4.90 Å². The molecule has 0 aliphatic carbocycles. The van der Waals surface area contributed by atoms with Crippen LogP contribution in [0.5, 0.6) is 0 Å². The molecule has 0 bridgehead atoms. The van der Waals surface area contributed by atoms with E-state index in [2.05, 4.69) is 17.9 Å². The summed E-state index contributed by atoms with van der Waals surface area (Å²) in [6.45, 7) is 5.45. The largest absolute Gasteiger partial charge is 0.455 e. The topological polar surface area (TPSA) is 29.5 Å². The monoisotopic (exact) mass is 295 g/mol. The fourth-order valence-corrected chi connectivity index (χ4v) is 3.29. The second-order valence-electron chi connectivity index (χ2n) is 5.75. The van der Waals surface area contributed by atoms with E-state index < -0.39 is 0 Å². The molecule has 4 heteroatoms. The molecule has 0 saturated carbocycles. The van der Waals surface area contributed by atoms with Gasteiger partial charge >= 0.3 is 5.97 Å².